The van der Waals surface area contributed by atoms with E-state index in [2.05, 4.69) is 16.9 Å². The van der Waals surface area contributed by atoms with E-state index >= 15 is 0 Å². The molecule has 20 heavy (non-hydrogen) atoms. The Bertz CT molecular complexity index is 458. The molecule has 0 aromatic rings. The molecule has 0 aromatic heterocycles. The first-order chi connectivity index (χ1) is 9.63. The molecule has 0 bridgehead atoms. The zero-order valence-electron chi connectivity index (χ0n) is 11.1. The van der Waals surface area contributed by atoms with Gasteiger partial charge in [-0.25, -0.2) is 0 Å². The van der Waals surface area contributed by atoms with Crippen molar-refractivity contribution < 1.29 is 14.3 Å². The molecule has 2 rings (SSSR count). The average molecular weight is 295 g/mol. The van der Waals surface area contributed by atoms with Gasteiger partial charge >= 0.3 is 0 Å². The minimum atomic E-state index is -0.928. The van der Waals surface area contributed by atoms with Crippen LogP contribution in [0.4, 0.5) is 0 Å². The van der Waals surface area contributed by atoms with E-state index in [1.165, 1.54) is 11.1 Å². The molecule has 2 aliphatic heterocycles. The summed E-state index contributed by atoms with van der Waals surface area (Å²) in [5.41, 5.74) is 0. The summed E-state index contributed by atoms with van der Waals surface area (Å²) in [7, 11) is 0. The van der Waals surface area contributed by atoms with E-state index in [-0.39, 0.29) is 23.7 Å². The van der Waals surface area contributed by atoms with Crippen LogP contribution < -0.4 is 5.32 Å². The minimum Gasteiger partial charge on any atom is -0.376 e. The van der Waals surface area contributed by atoms with Gasteiger partial charge in [-0.05, 0) is 25.1 Å². The van der Waals surface area contributed by atoms with E-state index in [0.717, 1.165) is 19.4 Å². The number of carbonyl (C=O) groups excluding carboxylic acids is 2. The molecule has 6 nitrogen and oxygen atoms in total. The van der Waals surface area contributed by atoms with E-state index < -0.39 is 11.8 Å². The molecule has 0 aliphatic carbocycles. The highest BCUT2D eigenvalue weighted by Crippen LogP contribution is 2.13. The van der Waals surface area contributed by atoms with E-state index in [1.807, 2.05) is 0 Å². The maximum absolute atomic E-state index is 12.2. The number of hydrogen-bond donors (Lipinski definition) is 1. The molecule has 0 radical (unpaired) electrons. The molecule has 0 unspecified atom stereocenters. The van der Waals surface area contributed by atoms with Crippen LogP contribution in [0.25, 0.3) is 0 Å². The molecular weight excluding hydrogens is 278 g/mol. The maximum atomic E-state index is 12.2. The number of amides is 2. The summed E-state index contributed by atoms with van der Waals surface area (Å²) in [6, 6.07) is 0. The lowest BCUT2D eigenvalue weighted by atomic mass is 10.1. The zero-order valence-corrected chi connectivity index (χ0v) is 11.9. The molecule has 0 spiro atoms. The van der Waals surface area contributed by atoms with Gasteiger partial charge < -0.3 is 10.1 Å². The Morgan fingerprint density at radius 3 is 3.00 bits per heavy atom. The topological polar surface area (TPSA) is 71.0 Å². The summed E-state index contributed by atoms with van der Waals surface area (Å²) in [6.07, 6.45) is 5.04. The van der Waals surface area contributed by atoms with Crippen LogP contribution in [0.3, 0.4) is 0 Å². The van der Waals surface area contributed by atoms with Gasteiger partial charge in [-0.3, -0.25) is 19.5 Å². The quantitative estimate of drug-likeness (QED) is 0.342. The van der Waals surface area contributed by atoms with Crippen molar-refractivity contribution >= 4 is 35.4 Å². The van der Waals surface area contributed by atoms with Gasteiger partial charge in [0.1, 0.15) is 0 Å². The smallest absolute Gasteiger partial charge is 0.247 e. The molecule has 2 atom stereocenters. The van der Waals surface area contributed by atoms with E-state index in [9.17, 15) is 9.59 Å². The van der Waals surface area contributed by atoms with E-state index in [1.54, 1.807) is 6.08 Å². The van der Waals surface area contributed by atoms with Crippen LogP contribution in [0.1, 0.15) is 12.8 Å². The highest BCUT2D eigenvalue weighted by molar-refractivity contribution is 7.80. The third kappa shape index (κ3) is 3.29. The molecule has 2 saturated heterocycles. The summed E-state index contributed by atoms with van der Waals surface area (Å²) >= 11 is 4.96. The highest BCUT2D eigenvalue weighted by Gasteiger charge is 2.36. The normalized spacial score (nSPS) is 27.2. The number of thiocarbonyl (C=S) groups is 1. The molecule has 0 aromatic carbocycles. The summed E-state index contributed by atoms with van der Waals surface area (Å²) in [6.45, 7) is 5.07. The second-order valence-corrected chi connectivity index (χ2v) is 5.05. The third-order valence-electron chi connectivity index (χ3n) is 3.19. The number of carbonyl (C=O) groups is 2. The number of aliphatic imine (C=N–C) groups is 1. The molecule has 2 fully saturated rings. The van der Waals surface area contributed by atoms with Gasteiger partial charge in [0, 0.05) is 19.4 Å². The summed E-state index contributed by atoms with van der Waals surface area (Å²) < 4.78 is 5.43. The zero-order chi connectivity index (χ0) is 14.5. The monoisotopic (exact) mass is 295 g/mol. The van der Waals surface area contributed by atoms with Crippen molar-refractivity contribution in [2.24, 2.45) is 10.9 Å². The van der Waals surface area contributed by atoms with Crippen LogP contribution >= 0.6 is 12.2 Å². The summed E-state index contributed by atoms with van der Waals surface area (Å²) in [5.74, 6) is -1.73. The summed E-state index contributed by atoms with van der Waals surface area (Å²) in [4.78, 5) is 29.5. The first-order valence-corrected chi connectivity index (χ1v) is 6.93. The van der Waals surface area contributed by atoms with Gasteiger partial charge in [0.15, 0.2) is 11.0 Å². The Balaban J connectivity index is 1.99. The minimum absolute atomic E-state index is 0.0957. The average Bonchev–Trinajstić information content (AvgIpc) is 2.91. The van der Waals surface area contributed by atoms with Crippen molar-refractivity contribution in [2.45, 2.75) is 18.9 Å². The molecule has 2 aliphatic rings. The van der Waals surface area contributed by atoms with Crippen LogP contribution in [0.2, 0.25) is 0 Å². The van der Waals surface area contributed by atoms with Crippen molar-refractivity contribution in [2.75, 3.05) is 19.7 Å². The van der Waals surface area contributed by atoms with E-state index in [0.29, 0.717) is 6.54 Å². The number of nitrogens with one attached hydrogen (secondary N) is 1. The molecule has 1 N–H and O–H groups in total. The number of hydrogen-bond acceptors (Lipinski definition) is 5. The Labute approximate surface area is 122 Å². The maximum Gasteiger partial charge on any atom is 0.247 e. The van der Waals surface area contributed by atoms with Crippen molar-refractivity contribution in [3.8, 4) is 0 Å². The van der Waals surface area contributed by atoms with Crippen molar-refractivity contribution in [1.29, 1.82) is 0 Å². The van der Waals surface area contributed by atoms with Gasteiger partial charge in [0.2, 0.25) is 11.8 Å². The largest absolute Gasteiger partial charge is 0.376 e. The second-order valence-electron chi connectivity index (χ2n) is 4.66. The molecular formula is C13H17N3O3S. The molecule has 2 heterocycles. The Morgan fingerprint density at radius 2 is 2.35 bits per heavy atom. The van der Waals surface area contributed by atoms with Crippen molar-refractivity contribution in [3.05, 3.63) is 12.7 Å². The fraction of sp³-hybridized carbons (Fsp3) is 0.538. The Hall–Kier alpha value is -1.60. The van der Waals surface area contributed by atoms with Gasteiger partial charge in [-0.1, -0.05) is 6.08 Å². The fourth-order valence-electron chi connectivity index (χ4n) is 2.14. The second kappa shape index (κ2) is 6.71. The van der Waals surface area contributed by atoms with Gasteiger partial charge in [0.25, 0.3) is 0 Å². The molecule has 108 valence electrons. The highest BCUT2D eigenvalue weighted by atomic mass is 32.1. The van der Waals surface area contributed by atoms with Gasteiger partial charge in [0.05, 0.1) is 12.6 Å². The van der Waals surface area contributed by atoms with Crippen LogP contribution in [0, 0.1) is 5.92 Å². The molecule has 7 heteroatoms. The van der Waals surface area contributed by atoms with Crippen molar-refractivity contribution in [3.63, 3.8) is 0 Å². The fourth-order valence-corrected chi connectivity index (χ4v) is 2.40. The van der Waals surface area contributed by atoms with Gasteiger partial charge in [-0.15, -0.1) is 6.58 Å². The first kappa shape index (κ1) is 14.8. The predicted octanol–water partition coefficient (Wildman–Crippen LogP) is 0.282. The van der Waals surface area contributed by atoms with Gasteiger partial charge in [-0.2, -0.15) is 0 Å². The first-order valence-electron chi connectivity index (χ1n) is 6.52. The number of nitrogens with zero attached hydrogens (tertiary/aromatic N) is 2. The van der Waals surface area contributed by atoms with E-state index in [4.69, 9.17) is 17.0 Å². The van der Waals surface area contributed by atoms with Crippen LogP contribution in [0.5, 0.6) is 0 Å². The molecule has 2 amide bonds. The Morgan fingerprint density at radius 1 is 1.55 bits per heavy atom. The number of rotatable bonds is 5. The predicted molar refractivity (Wildman–Crippen MR) is 78.5 cm³/mol. The lowest BCUT2D eigenvalue weighted by Crippen LogP contribution is -2.58. The lowest BCUT2D eigenvalue weighted by Gasteiger charge is -2.30. The standard InChI is InChI=1S/C13H17N3O3S/c1-2-5-16-12(18)10(11(17)15-13(16)20)8-14-7-9-4-3-6-19-9/h2,8-10H,1,3-7H2,(H,15,17,20)/t9-,10+/m0/s1. The molecule has 0 saturated carbocycles. The SMILES string of the molecule is C=CCN1C(=O)[C@H](C=NC[C@@H]2CCCO2)C(=O)NC1=S. The Kier molecular flexibility index (Phi) is 4.97. The van der Waals surface area contributed by atoms with Crippen LogP contribution in [0.15, 0.2) is 17.6 Å². The van der Waals surface area contributed by atoms with Crippen LogP contribution in [-0.4, -0.2) is 53.8 Å². The van der Waals surface area contributed by atoms with Crippen LogP contribution in [-0.2, 0) is 14.3 Å². The number of ether oxygens (including phenoxy) is 1. The summed E-state index contributed by atoms with van der Waals surface area (Å²) in [5, 5.41) is 2.61. The third-order valence-corrected chi connectivity index (χ3v) is 3.51. The lowest BCUT2D eigenvalue weighted by molar-refractivity contribution is -0.137. The van der Waals surface area contributed by atoms with Crippen molar-refractivity contribution in [1.82, 2.24) is 10.2 Å².